The van der Waals surface area contributed by atoms with Crippen LogP contribution in [0.5, 0.6) is 0 Å². The highest BCUT2D eigenvalue weighted by molar-refractivity contribution is 5.80. The quantitative estimate of drug-likeness (QED) is 0.515. The smallest absolute Gasteiger partial charge is 0.222 e. The van der Waals surface area contributed by atoms with E-state index in [0.717, 1.165) is 44.3 Å². The van der Waals surface area contributed by atoms with Crippen LogP contribution in [0.1, 0.15) is 79.6 Å². The Hall–Kier alpha value is -0.900. The van der Waals surface area contributed by atoms with Crippen molar-refractivity contribution in [1.29, 1.82) is 0 Å². The van der Waals surface area contributed by atoms with Gasteiger partial charge in [0.2, 0.25) is 5.91 Å². The van der Waals surface area contributed by atoms with E-state index in [9.17, 15) is 9.59 Å². The van der Waals surface area contributed by atoms with E-state index in [4.69, 9.17) is 0 Å². The largest absolute Gasteiger partial charge is 0.343 e. The first-order valence-corrected chi connectivity index (χ1v) is 10.9. The van der Waals surface area contributed by atoms with Crippen LogP contribution in [0.25, 0.3) is 0 Å². The van der Waals surface area contributed by atoms with Crippen molar-refractivity contribution >= 4 is 11.7 Å². The molecule has 0 aliphatic carbocycles. The number of rotatable bonds is 12. The second-order valence-electron chi connectivity index (χ2n) is 8.75. The van der Waals surface area contributed by atoms with E-state index in [0.29, 0.717) is 37.4 Å². The standard InChI is InChI=1S/C22H42N2O2/c1-6-11-24(12-7-2)22(26)10-8-9-21(25)14-20(5)17-23-15-18(3)13-19(4)16-23/h18-20H,6-17H2,1-5H3. The summed E-state index contributed by atoms with van der Waals surface area (Å²) in [5, 5.41) is 0. The van der Waals surface area contributed by atoms with Crippen LogP contribution in [-0.4, -0.2) is 54.2 Å². The van der Waals surface area contributed by atoms with Crippen molar-refractivity contribution in [2.24, 2.45) is 17.8 Å². The summed E-state index contributed by atoms with van der Waals surface area (Å²) in [6, 6.07) is 0. The summed E-state index contributed by atoms with van der Waals surface area (Å²) in [7, 11) is 0. The van der Waals surface area contributed by atoms with E-state index in [1.54, 1.807) is 0 Å². The van der Waals surface area contributed by atoms with Gasteiger partial charge in [-0.05, 0) is 43.4 Å². The molecule has 3 atom stereocenters. The van der Waals surface area contributed by atoms with Gasteiger partial charge < -0.3 is 9.80 Å². The lowest BCUT2D eigenvalue weighted by Crippen LogP contribution is -2.41. The molecular weight excluding hydrogens is 324 g/mol. The number of likely N-dealkylation sites (tertiary alicyclic amines) is 1. The molecule has 0 N–H and O–H groups in total. The van der Waals surface area contributed by atoms with Crippen molar-refractivity contribution in [3.63, 3.8) is 0 Å². The van der Waals surface area contributed by atoms with E-state index in [2.05, 4.69) is 39.5 Å². The summed E-state index contributed by atoms with van der Waals surface area (Å²) in [6.07, 6.45) is 5.74. The summed E-state index contributed by atoms with van der Waals surface area (Å²) in [4.78, 5) is 29.0. The van der Waals surface area contributed by atoms with Gasteiger partial charge in [0.15, 0.2) is 0 Å². The molecule has 0 radical (unpaired) electrons. The van der Waals surface area contributed by atoms with E-state index in [1.807, 2.05) is 4.90 Å². The van der Waals surface area contributed by atoms with Crippen molar-refractivity contribution in [3.8, 4) is 0 Å². The number of ketones is 1. The normalized spacial score (nSPS) is 22.2. The molecular formula is C22H42N2O2. The van der Waals surface area contributed by atoms with Crippen LogP contribution < -0.4 is 0 Å². The van der Waals surface area contributed by atoms with Crippen LogP contribution in [0.3, 0.4) is 0 Å². The van der Waals surface area contributed by atoms with Gasteiger partial charge >= 0.3 is 0 Å². The lowest BCUT2D eigenvalue weighted by molar-refractivity contribution is -0.131. The highest BCUT2D eigenvalue weighted by Gasteiger charge is 2.23. The topological polar surface area (TPSA) is 40.6 Å². The fourth-order valence-corrected chi connectivity index (χ4v) is 4.43. The molecule has 1 amide bonds. The monoisotopic (exact) mass is 366 g/mol. The molecule has 26 heavy (non-hydrogen) atoms. The molecule has 0 bridgehead atoms. The minimum absolute atomic E-state index is 0.214. The van der Waals surface area contributed by atoms with Gasteiger partial charge in [-0.25, -0.2) is 0 Å². The van der Waals surface area contributed by atoms with Gasteiger partial charge in [0.1, 0.15) is 5.78 Å². The van der Waals surface area contributed by atoms with Gasteiger partial charge in [-0.1, -0.05) is 34.6 Å². The Balaban J connectivity index is 2.25. The van der Waals surface area contributed by atoms with Crippen molar-refractivity contribution in [2.45, 2.75) is 79.6 Å². The van der Waals surface area contributed by atoms with E-state index in [-0.39, 0.29) is 5.91 Å². The molecule has 1 rings (SSSR count). The van der Waals surface area contributed by atoms with Gasteiger partial charge in [-0.2, -0.15) is 0 Å². The molecule has 1 fully saturated rings. The zero-order valence-electron chi connectivity index (χ0n) is 17.9. The van der Waals surface area contributed by atoms with Gasteiger partial charge in [0.05, 0.1) is 0 Å². The molecule has 1 aliphatic rings. The Morgan fingerprint density at radius 1 is 1.04 bits per heavy atom. The maximum Gasteiger partial charge on any atom is 0.222 e. The molecule has 3 unspecified atom stereocenters. The number of piperidine rings is 1. The fourth-order valence-electron chi connectivity index (χ4n) is 4.43. The average Bonchev–Trinajstić information content (AvgIpc) is 2.53. The van der Waals surface area contributed by atoms with Crippen LogP contribution in [0, 0.1) is 17.8 Å². The van der Waals surface area contributed by atoms with Crippen molar-refractivity contribution in [1.82, 2.24) is 9.80 Å². The lowest BCUT2D eigenvalue weighted by Gasteiger charge is -2.36. The minimum atomic E-state index is 0.214. The third kappa shape index (κ3) is 9.16. The van der Waals surface area contributed by atoms with Gasteiger partial charge in [0.25, 0.3) is 0 Å². The van der Waals surface area contributed by atoms with E-state index >= 15 is 0 Å². The van der Waals surface area contributed by atoms with Crippen molar-refractivity contribution in [2.75, 3.05) is 32.7 Å². The average molecular weight is 367 g/mol. The summed E-state index contributed by atoms with van der Waals surface area (Å²) in [5.74, 6) is 2.47. The Morgan fingerprint density at radius 3 is 2.15 bits per heavy atom. The third-order valence-corrected chi connectivity index (χ3v) is 5.28. The molecule has 4 heteroatoms. The summed E-state index contributed by atoms with van der Waals surface area (Å²) in [6.45, 7) is 16.1. The van der Waals surface area contributed by atoms with E-state index < -0.39 is 0 Å². The van der Waals surface area contributed by atoms with Gasteiger partial charge in [0, 0.05) is 52.0 Å². The number of hydrogen-bond donors (Lipinski definition) is 0. The molecule has 0 aromatic rings. The van der Waals surface area contributed by atoms with Crippen LogP contribution in [0.15, 0.2) is 0 Å². The fraction of sp³-hybridized carbons (Fsp3) is 0.909. The first-order chi connectivity index (χ1) is 12.3. The second-order valence-corrected chi connectivity index (χ2v) is 8.75. The maximum atomic E-state index is 12.3. The number of nitrogens with zero attached hydrogens (tertiary/aromatic N) is 2. The molecule has 1 heterocycles. The van der Waals surface area contributed by atoms with Gasteiger partial charge in [-0.15, -0.1) is 0 Å². The molecule has 4 nitrogen and oxygen atoms in total. The highest BCUT2D eigenvalue weighted by Crippen LogP contribution is 2.22. The molecule has 0 aromatic carbocycles. The summed E-state index contributed by atoms with van der Waals surface area (Å²) >= 11 is 0. The number of Topliss-reactive ketones (excluding diaryl/α,β-unsaturated/α-hetero) is 1. The molecule has 152 valence electrons. The Labute approximate surface area is 161 Å². The molecule has 0 spiro atoms. The van der Waals surface area contributed by atoms with Crippen LogP contribution in [-0.2, 0) is 9.59 Å². The summed E-state index contributed by atoms with van der Waals surface area (Å²) < 4.78 is 0. The highest BCUT2D eigenvalue weighted by atomic mass is 16.2. The SMILES string of the molecule is CCCN(CCC)C(=O)CCCC(=O)CC(C)CN1CC(C)CC(C)C1. The first-order valence-electron chi connectivity index (χ1n) is 10.9. The molecule has 0 saturated carbocycles. The number of carbonyl (C=O) groups excluding carboxylic acids is 2. The van der Waals surface area contributed by atoms with Crippen molar-refractivity contribution < 1.29 is 9.59 Å². The number of carbonyl (C=O) groups is 2. The maximum absolute atomic E-state index is 12.3. The molecule has 1 aliphatic heterocycles. The third-order valence-electron chi connectivity index (χ3n) is 5.28. The van der Waals surface area contributed by atoms with Crippen LogP contribution in [0.4, 0.5) is 0 Å². The predicted molar refractivity (Wildman–Crippen MR) is 109 cm³/mol. The van der Waals surface area contributed by atoms with Crippen molar-refractivity contribution in [3.05, 3.63) is 0 Å². The zero-order valence-corrected chi connectivity index (χ0v) is 17.9. The van der Waals surface area contributed by atoms with Gasteiger partial charge in [-0.3, -0.25) is 9.59 Å². The van der Waals surface area contributed by atoms with E-state index in [1.165, 1.54) is 19.5 Å². The molecule has 1 saturated heterocycles. The Morgan fingerprint density at radius 2 is 1.62 bits per heavy atom. The molecule has 0 aromatic heterocycles. The predicted octanol–water partition coefficient (Wildman–Crippen LogP) is 4.38. The Kier molecular flexibility index (Phi) is 11.1. The summed E-state index contributed by atoms with van der Waals surface area (Å²) in [5.41, 5.74) is 0. The van der Waals surface area contributed by atoms with Crippen LogP contribution in [0.2, 0.25) is 0 Å². The zero-order chi connectivity index (χ0) is 19.5. The minimum Gasteiger partial charge on any atom is -0.343 e. The lowest BCUT2D eigenvalue weighted by atomic mass is 9.90. The number of hydrogen-bond acceptors (Lipinski definition) is 3. The second kappa shape index (κ2) is 12.5. The Bertz CT molecular complexity index is 408. The number of amides is 1. The van der Waals surface area contributed by atoms with Crippen LogP contribution >= 0.6 is 0 Å². The first kappa shape index (κ1) is 23.1.